The van der Waals surface area contributed by atoms with Gasteiger partial charge in [-0.05, 0) is 6.07 Å². The van der Waals surface area contributed by atoms with E-state index in [1.165, 1.54) is 13.1 Å². The number of carbonyl (C=O) groups is 1. The molecule has 0 fully saturated rings. The molecule has 13 heavy (non-hydrogen) atoms. The van der Waals surface area contributed by atoms with Gasteiger partial charge in [-0.3, -0.25) is 15.6 Å². The van der Waals surface area contributed by atoms with Gasteiger partial charge >= 0.3 is 0 Å². The molecule has 1 aromatic rings. The van der Waals surface area contributed by atoms with Gasteiger partial charge in [-0.15, -0.1) is 0 Å². The number of carbonyl (C=O) groups excluding carboxylic acids is 1. The Morgan fingerprint density at radius 3 is 2.92 bits per heavy atom. The summed E-state index contributed by atoms with van der Waals surface area (Å²) in [5.41, 5.74) is 4.48. The lowest BCUT2D eigenvalue weighted by Gasteiger charge is -2.05. The monoisotopic (exact) mass is 203 g/mol. The first-order valence-corrected chi connectivity index (χ1v) is 3.81. The zero-order valence-corrected chi connectivity index (χ0v) is 7.52. The number of aromatic nitrogens is 1. The zero-order valence-electron chi connectivity index (χ0n) is 6.77. The van der Waals surface area contributed by atoms with Crippen molar-refractivity contribution in [2.45, 2.75) is 6.92 Å². The van der Waals surface area contributed by atoms with Gasteiger partial charge in [-0.1, -0.05) is 11.6 Å². The van der Waals surface area contributed by atoms with Gasteiger partial charge in [0.15, 0.2) is 11.6 Å². The summed E-state index contributed by atoms with van der Waals surface area (Å²) < 4.78 is 12.9. The van der Waals surface area contributed by atoms with Crippen LogP contribution in [0.25, 0.3) is 0 Å². The highest BCUT2D eigenvalue weighted by Crippen LogP contribution is 2.14. The molecule has 0 radical (unpaired) electrons. The van der Waals surface area contributed by atoms with Crippen molar-refractivity contribution in [1.82, 2.24) is 10.4 Å². The summed E-state index contributed by atoms with van der Waals surface area (Å²) in [6.45, 7) is 1.29. The van der Waals surface area contributed by atoms with Crippen molar-refractivity contribution < 1.29 is 9.18 Å². The van der Waals surface area contributed by atoms with Gasteiger partial charge in [0.25, 0.3) is 0 Å². The van der Waals surface area contributed by atoms with Crippen molar-refractivity contribution in [2.24, 2.45) is 0 Å². The lowest BCUT2D eigenvalue weighted by Crippen LogP contribution is -2.27. The van der Waals surface area contributed by atoms with E-state index in [1.54, 1.807) is 0 Å². The average molecular weight is 204 g/mol. The van der Waals surface area contributed by atoms with Crippen molar-refractivity contribution in [3.05, 3.63) is 23.1 Å². The molecule has 0 aromatic carbocycles. The Balaban J connectivity index is 2.72. The molecule has 0 bridgehead atoms. The van der Waals surface area contributed by atoms with Crippen molar-refractivity contribution >= 4 is 23.3 Å². The van der Waals surface area contributed by atoms with Crippen LogP contribution in [0, 0.1) is 5.82 Å². The topological polar surface area (TPSA) is 54.0 Å². The van der Waals surface area contributed by atoms with Gasteiger partial charge in [-0.2, -0.15) is 0 Å². The van der Waals surface area contributed by atoms with Gasteiger partial charge in [0.2, 0.25) is 5.91 Å². The van der Waals surface area contributed by atoms with Crippen LogP contribution in [0.4, 0.5) is 10.2 Å². The van der Waals surface area contributed by atoms with E-state index in [2.05, 4.69) is 15.8 Å². The van der Waals surface area contributed by atoms with E-state index in [4.69, 9.17) is 11.6 Å². The first kappa shape index (κ1) is 9.73. The summed E-state index contributed by atoms with van der Waals surface area (Å²) in [7, 11) is 0. The van der Waals surface area contributed by atoms with Crippen LogP contribution in [0.5, 0.6) is 0 Å². The summed E-state index contributed by atoms with van der Waals surface area (Å²) in [4.78, 5) is 14.1. The molecule has 0 spiro atoms. The molecular weight excluding hydrogens is 197 g/mol. The number of pyridine rings is 1. The summed E-state index contributed by atoms with van der Waals surface area (Å²) in [5.74, 6) is -1.03. The molecule has 0 aliphatic carbocycles. The van der Waals surface area contributed by atoms with Crippen LogP contribution in [-0.2, 0) is 4.79 Å². The maximum Gasteiger partial charge on any atom is 0.235 e. The Kier molecular flexibility index (Phi) is 3.02. The van der Waals surface area contributed by atoms with Gasteiger partial charge in [0, 0.05) is 13.1 Å². The smallest absolute Gasteiger partial charge is 0.235 e. The molecule has 1 heterocycles. The summed E-state index contributed by atoms with van der Waals surface area (Å²) >= 11 is 5.46. The van der Waals surface area contributed by atoms with Crippen LogP contribution >= 0.6 is 11.6 Å². The molecule has 0 unspecified atom stereocenters. The number of amides is 1. The number of hydrogen-bond acceptors (Lipinski definition) is 3. The Bertz CT molecular complexity index is 332. The van der Waals surface area contributed by atoms with Crippen molar-refractivity contribution in [3.8, 4) is 0 Å². The van der Waals surface area contributed by atoms with Crippen LogP contribution < -0.4 is 10.9 Å². The van der Waals surface area contributed by atoms with Gasteiger partial charge in [0.1, 0.15) is 0 Å². The number of nitrogens with one attached hydrogen (secondary N) is 2. The van der Waals surface area contributed by atoms with E-state index in [1.807, 2.05) is 0 Å². The quantitative estimate of drug-likeness (QED) is 0.714. The minimum absolute atomic E-state index is 0.0698. The van der Waals surface area contributed by atoms with Crippen molar-refractivity contribution in [1.29, 1.82) is 0 Å². The van der Waals surface area contributed by atoms with E-state index in [0.717, 1.165) is 6.07 Å². The summed E-state index contributed by atoms with van der Waals surface area (Å²) in [6.07, 6.45) is 1.27. The van der Waals surface area contributed by atoms with E-state index < -0.39 is 5.82 Å². The van der Waals surface area contributed by atoms with Crippen LogP contribution in [0.1, 0.15) is 6.92 Å². The maximum absolute atomic E-state index is 12.9. The Hall–Kier alpha value is -1.36. The molecule has 2 N–H and O–H groups in total. The molecule has 70 valence electrons. The van der Waals surface area contributed by atoms with Gasteiger partial charge in [-0.25, -0.2) is 9.37 Å². The molecule has 4 nitrogen and oxygen atoms in total. The molecule has 0 atom stereocenters. The standard InChI is InChI=1S/C7H7ClFN3O/c1-4(13)11-12-7-6(9)2-5(8)3-10-7/h2-3H,1H3,(H,10,12)(H,11,13). The zero-order chi connectivity index (χ0) is 9.84. The fraction of sp³-hybridized carbons (Fsp3) is 0.143. The minimum Gasteiger partial charge on any atom is -0.279 e. The van der Waals surface area contributed by atoms with E-state index in [-0.39, 0.29) is 16.7 Å². The number of rotatable bonds is 2. The summed E-state index contributed by atoms with van der Waals surface area (Å²) in [5, 5.41) is 0.200. The first-order valence-electron chi connectivity index (χ1n) is 3.43. The molecular formula is C7H7ClFN3O. The normalized spacial score (nSPS) is 9.46. The SMILES string of the molecule is CC(=O)NNc1ncc(Cl)cc1F. The molecule has 0 aliphatic rings. The maximum atomic E-state index is 12.9. The highest BCUT2D eigenvalue weighted by Gasteiger charge is 2.03. The fourth-order valence-corrected chi connectivity index (χ4v) is 0.798. The van der Waals surface area contributed by atoms with Crippen molar-refractivity contribution in [2.75, 3.05) is 5.43 Å². The number of hydrogen-bond donors (Lipinski definition) is 2. The molecule has 1 amide bonds. The summed E-state index contributed by atoms with van der Waals surface area (Å²) in [6, 6.07) is 1.10. The van der Waals surface area contributed by atoms with E-state index >= 15 is 0 Å². The number of hydrazine groups is 1. The lowest BCUT2D eigenvalue weighted by atomic mass is 10.4. The second kappa shape index (κ2) is 4.04. The molecule has 6 heteroatoms. The van der Waals surface area contributed by atoms with Crippen LogP contribution in [0.3, 0.4) is 0 Å². The number of halogens is 2. The van der Waals surface area contributed by atoms with Crippen LogP contribution in [-0.4, -0.2) is 10.9 Å². The van der Waals surface area contributed by atoms with Crippen molar-refractivity contribution in [3.63, 3.8) is 0 Å². The Morgan fingerprint density at radius 1 is 1.69 bits per heavy atom. The second-order valence-corrected chi connectivity index (χ2v) is 2.73. The molecule has 1 rings (SSSR count). The van der Waals surface area contributed by atoms with E-state index in [0.29, 0.717) is 0 Å². The molecule has 0 saturated heterocycles. The molecule has 1 aromatic heterocycles. The van der Waals surface area contributed by atoms with E-state index in [9.17, 15) is 9.18 Å². The number of anilines is 1. The highest BCUT2D eigenvalue weighted by molar-refractivity contribution is 6.30. The third-order valence-electron chi connectivity index (χ3n) is 1.16. The Labute approximate surface area is 79.1 Å². The predicted molar refractivity (Wildman–Crippen MR) is 46.6 cm³/mol. The minimum atomic E-state index is -0.624. The second-order valence-electron chi connectivity index (χ2n) is 2.29. The Morgan fingerprint density at radius 2 is 2.38 bits per heavy atom. The van der Waals surface area contributed by atoms with Gasteiger partial charge < -0.3 is 0 Å². The third-order valence-corrected chi connectivity index (χ3v) is 1.37. The lowest BCUT2D eigenvalue weighted by molar-refractivity contribution is -0.118. The number of nitrogens with zero attached hydrogens (tertiary/aromatic N) is 1. The highest BCUT2D eigenvalue weighted by atomic mass is 35.5. The van der Waals surface area contributed by atoms with Crippen LogP contribution in [0.2, 0.25) is 5.02 Å². The fourth-order valence-electron chi connectivity index (χ4n) is 0.654. The first-order chi connectivity index (χ1) is 6.09. The third kappa shape index (κ3) is 2.87. The van der Waals surface area contributed by atoms with Gasteiger partial charge in [0.05, 0.1) is 5.02 Å². The average Bonchev–Trinajstić information content (AvgIpc) is 2.02. The molecule has 0 aliphatic heterocycles. The largest absolute Gasteiger partial charge is 0.279 e. The van der Waals surface area contributed by atoms with Crippen LogP contribution in [0.15, 0.2) is 12.3 Å². The molecule has 0 saturated carbocycles. The predicted octanol–water partition coefficient (Wildman–Crippen LogP) is 1.34.